The Balaban J connectivity index is 1.18. The van der Waals surface area contributed by atoms with Crippen LogP contribution in [-0.4, -0.2) is 10.9 Å². The number of para-hydroxylation sites is 1. The monoisotopic (exact) mass is 365 g/mol. The topological polar surface area (TPSA) is 54.0 Å². The number of rotatable bonds is 7. The van der Waals surface area contributed by atoms with Crippen molar-refractivity contribution in [3.63, 3.8) is 0 Å². The molecule has 4 nitrogen and oxygen atoms in total. The standard InChI is InChI=1S/C21H23N3OS/c25-20(23-12-15-9-10-16-13-22-14-17(16)11-15)7-3-4-8-21-24-18-5-1-2-6-19(18)26-21/h1-2,5-6,9-11,22H,3-4,7-8,12-14H2,(H,23,25). The maximum atomic E-state index is 12.1. The van der Waals surface area contributed by atoms with E-state index in [-0.39, 0.29) is 5.91 Å². The van der Waals surface area contributed by atoms with Crippen molar-refractivity contribution in [2.75, 3.05) is 0 Å². The number of fused-ring (bicyclic) bond motifs is 2. The van der Waals surface area contributed by atoms with E-state index >= 15 is 0 Å². The van der Waals surface area contributed by atoms with E-state index in [1.165, 1.54) is 26.4 Å². The minimum absolute atomic E-state index is 0.132. The van der Waals surface area contributed by atoms with Gasteiger partial charge in [-0.2, -0.15) is 0 Å². The van der Waals surface area contributed by atoms with Gasteiger partial charge in [0.2, 0.25) is 5.91 Å². The number of nitrogens with zero attached hydrogens (tertiary/aromatic N) is 1. The molecule has 0 radical (unpaired) electrons. The van der Waals surface area contributed by atoms with E-state index in [0.717, 1.165) is 37.9 Å². The largest absolute Gasteiger partial charge is 0.352 e. The van der Waals surface area contributed by atoms with Gasteiger partial charge in [0.05, 0.1) is 15.2 Å². The predicted octanol–water partition coefficient (Wildman–Crippen LogP) is 3.93. The quantitative estimate of drug-likeness (QED) is 0.624. The molecule has 26 heavy (non-hydrogen) atoms. The van der Waals surface area contributed by atoms with Gasteiger partial charge in [0.1, 0.15) is 0 Å². The number of hydrogen-bond acceptors (Lipinski definition) is 4. The molecule has 5 heteroatoms. The number of nitrogens with one attached hydrogen (secondary N) is 2. The summed E-state index contributed by atoms with van der Waals surface area (Å²) in [6, 6.07) is 14.7. The van der Waals surface area contributed by atoms with Crippen molar-refractivity contribution in [1.82, 2.24) is 15.6 Å². The number of aromatic nitrogens is 1. The highest BCUT2D eigenvalue weighted by Gasteiger charge is 2.10. The van der Waals surface area contributed by atoms with Crippen LogP contribution in [0.3, 0.4) is 0 Å². The van der Waals surface area contributed by atoms with E-state index < -0.39 is 0 Å². The smallest absolute Gasteiger partial charge is 0.220 e. The molecule has 0 fully saturated rings. The van der Waals surface area contributed by atoms with E-state index in [9.17, 15) is 4.79 Å². The fourth-order valence-corrected chi connectivity index (χ4v) is 4.34. The molecular weight excluding hydrogens is 342 g/mol. The molecule has 0 aliphatic carbocycles. The number of hydrogen-bond donors (Lipinski definition) is 2. The Hall–Kier alpha value is -2.24. The van der Waals surface area contributed by atoms with Gasteiger partial charge in [0.15, 0.2) is 0 Å². The van der Waals surface area contributed by atoms with Gasteiger partial charge in [-0.25, -0.2) is 4.98 Å². The summed E-state index contributed by atoms with van der Waals surface area (Å²) in [7, 11) is 0. The Kier molecular flexibility index (Phi) is 5.27. The molecule has 0 atom stereocenters. The van der Waals surface area contributed by atoms with Crippen molar-refractivity contribution in [3.8, 4) is 0 Å². The molecule has 0 saturated heterocycles. The fourth-order valence-electron chi connectivity index (χ4n) is 3.34. The Morgan fingerprint density at radius 3 is 2.92 bits per heavy atom. The summed E-state index contributed by atoms with van der Waals surface area (Å²) in [5, 5.41) is 7.55. The Labute approximate surface area is 157 Å². The van der Waals surface area contributed by atoms with Crippen molar-refractivity contribution in [1.29, 1.82) is 0 Å². The molecule has 2 aromatic carbocycles. The fraction of sp³-hybridized carbons (Fsp3) is 0.333. The van der Waals surface area contributed by atoms with E-state index in [1.807, 2.05) is 12.1 Å². The number of unbranched alkanes of at least 4 members (excludes halogenated alkanes) is 1. The SMILES string of the molecule is O=C(CCCCc1nc2ccccc2s1)NCc1ccc2c(c1)CNC2. The Morgan fingerprint density at radius 1 is 1.12 bits per heavy atom. The lowest BCUT2D eigenvalue weighted by molar-refractivity contribution is -0.121. The van der Waals surface area contributed by atoms with Crippen molar-refractivity contribution < 1.29 is 4.79 Å². The molecule has 2 N–H and O–H groups in total. The van der Waals surface area contributed by atoms with Crippen LogP contribution in [0, 0.1) is 0 Å². The molecule has 134 valence electrons. The van der Waals surface area contributed by atoms with E-state index in [1.54, 1.807) is 11.3 Å². The molecule has 0 spiro atoms. The van der Waals surface area contributed by atoms with Crippen LogP contribution in [0.15, 0.2) is 42.5 Å². The van der Waals surface area contributed by atoms with Crippen LogP contribution in [0.4, 0.5) is 0 Å². The third kappa shape index (κ3) is 4.11. The third-order valence-corrected chi connectivity index (χ3v) is 5.87. The first-order chi connectivity index (χ1) is 12.8. The average Bonchev–Trinajstić information content (AvgIpc) is 3.29. The predicted molar refractivity (Wildman–Crippen MR) is 106 cm³/mol. The van der Waals surface area contributed by atoms with Gasteiger partial charge in [-0.1, -0.05) is 30.3 Å². The number of carbonyl (C=O) groups is 1. The van der Waals surface area contributed by atoms with Crippen LogP contribution in [0.2, 0.25) is 0 Å². The average molecular weight is 366 g/mol. The molecule has 2 heterocycles. The van der Waals surface area contributed by atoms with Gasteiger partial charge in [0, 0.05) is 26.1 Å². The number of benzene rings is 2. The van der Waals surface area contributed by atoms with E-state index in [2.05, 4.69) is 45.9 Å². The van der Waals surface area contributed by atoms with Crippen molar-refractivity contribution in [3.05, 3.63) is 64.2 Å². The van der Waals surface area contributed by atoms with Crippen LogP contribution >= 0.6 is 11.3 Å². The lowest BCUT2D eigenvalue weighted by atomic mass is 10.1. The number of thiazole rings is 1. The van der Waals surface area contributed by atoms with Crippen LogP contribution in [0.1, 0.15) is 41.0 Å². The zero-order valence-electron chi connectivity index (χ0n) is 14.8. The van der Waals surface area contributed by atoms with Crippen LogP contribution in [0.5, 0.6) is 0 Å². The molecule has 0 unspecified atom stereocenters. The molecule has 1 amide bonds. The highest BCUT2D eigenvalue weighted by Crippen LogP contribution is 2.23. The maximum Gasteiger partial charge on any atom is 0.220 e. The lowest BCUT2D eigenvalue weighted by Gasteiger charge is -2.07. The summed E-state index contributed by atoms with van der Waals surface area (Å²) < 4.78 is 1.24. The Bertz CT molecular complexity index is 886. The second-order valence-electron chi connectivity index (χ2n) is 6.77. The zero-order chi connectivity index (χ0) is 17.8. The first-order valence-electron chi connectivity index (χ1n) is 9.20. The minimum Gasteiger partial charge on any atom is -0.352 e. The van der Waals surface area contributed by atoms with Crippen LogP contribution in [0.25, 0.3) is 10.2 Å². The van der Waals surface area contributed by atoms with E-state index in [0.29, 0.717) is 13.0 Å². The van der Waals surface area contributed by atoms with Crippen molar-refractivity contribution in [2.24, 2.45) is 0 Å². The maximum absolute atomic E-state index is 12.1. The first-order valence-corrected chi connectivity index (χ1v) is 10.0. The highest BCUT2D eigenvalue weighted by atomic mass is 32.1. The molecule has 3 aromatic rings. The lowest BCUT2D eigenvalue weighted by Crippen LogP contribution is -2.22. The van der Waals surface area contributed by atoms with Gasteiger partial charge in [0.25, 0.3) is 0 Å². The summed E-state index contributed by atoms with van der Waals surface area (Å²) in [5.41, 5.74) is 4.98. The van der Waals surface area contributed by atoms with Crippen LogP contribution in [-0.2, 0) is 30.8 Å². The van der Waals surface area contributed by atoms with Gasteiger partial charge >= 0.3 is 0 Å². The molecule has 0 bridgehead atoms. The number of aryl methyl sites for hydroxylation is 1. The van der Waals surface area contributed by atoms with Crippen molar-refractivity contribution >= 4 is 27.5 Å². The van der Waals surface area contributed by atoms with Gasteiger partial charge in [-0.05, 0) is 48.1 Å². The second kappa shape index (κ2) is 7.98. The summed E-state index contributed by atoms with van der Waals surface area (Å²) >= 11 is 1.76. The summed E-state index contributed by atoms with van der Waals surface area (Å²) in [5.74, 6) is 0.132. The first kappa shape index (κ1) is 17.2. The molecule has 0 saturated carbocycles. The van der Waals surface area contributed by atoms with Crippen LogP contribution < -0.4 is 10.6 Å². The molecule has 1 aliphatic rings. The second-order valence-corrected chi connectivity index (χ2v) is 7.88. The summed E-state index contributed by atoms with van der Waals surface area (Å²) in [4.78, 5) is 16.7. The summed E-state index contributed by atoms with van der Waals surface area (Å²) in [6.07, 6.45) is 3.43. The number of carbonyl (C=O) groups excluding carboxylic acids is 1. The molecule has 1 aromatic heterocycles. The summed E-state index contributed by atoms with van der Waals surface area (Å²) in [6.45, 7) is 2.50. The molecular formula is C21H23N3OS. The van der Waals surface area contributed by atoms with Gasteiger partial charge < -0.3 is 10.6 Å². The zero-order valence-corrected chi connectivity index (χ0v) is 15.6. The third-order valence-electron chi connectivity index (χ3n) is 4.77. The molecule has 1 aliphatic heterocycles. The van der Waals surface area contributed by atoms with Crippen molar-refractivity contribution in [2.45, 2.75) is 45.3 Å². The Morgan fingerprint density at radius 2 is 2.00 bits per heavy atom. The minimum atomic E-state index is 0.132. The van der Waals surface area contributed by atoms with Gasteiger partial charge in [-0.15, -0.1) is 11.3 Å². The highest BCUT2D eigenvalue weighted by molar-refractivity contribution is 7.18. The van der Waals surface area contributed by atoms with Gasteiger partial charge in [-0.3, -0.25) is 4.79 Å². The number of amides is 1. The molecule has 4 rings (SSSR count). The normalized spacial score (nSPS) is 13.1. The van der Waals surface area contributed by atoms with E-state index in [4.69, 9.17) is 0 Å².